The molecule has 138 valence electrons. The van der Waals surface area contributed by atoms with Gasteiger partial charge in [-0.3, -0.25) is 14.5 Å². The molecule has 0 radical (unpaired) electrons. The number of amides is 1. The van der Waals surface area contributed by atoms with Crippen molar-refractivity contribution >= 4 is 11.7 Å². The van der Waals surface area contributed by atoms with Gasteiger partial charge in [0.1, 0.15) is 5.76 Å². The van der Waals surface area contributed by atoms with Gasteiger partial charge in [0.05, 0.1) is 12.3 Å². The number of ketones is 1. The first-order chi connectivity index (χ1) is 12.7. The lowest BCUT2D eigenvalue weighted by atomic mass is 10.1. The monoisotopic (exact) mass is 354 g/mol. The molecule has 1 atom stereocenters. The van der Waals surface area contributed by atoms with Gasteiger partial charge < -0.3 is 9.73 Å². The molecule has 3 rings (SSSR count). The van der Waals surface area contributed by atoms with E-state index in [0.717, 1.165) is 18.8 Å². The topological polar surface area (TPSA) is 62.6 Å². The van der Waals surface area contributed by atoms with E-state index >= 15 is 0 Å². The third-order valence-electron chi connectivity index (χ3n) is 4.87. The molecule has 1 amide bonds. The number of carbonyl (C=O) groups is 2. The molecule has 0 saturated carbocycles. The van der Waals surface area contributed by atoms with Crippen molar-refractivity contribution in [2.24, 2.45) is 0 Å². The van der Waals surface area contributed by atoms with Crippen LogP contribution in [0.25, 0.3) is 0 Å². The molecule has 1 N–H and O–H groups in total. The zero-order valence-electron chi connectivity index (χ0n) is 15.0. The van der Waals surface area contributed by atoms with Crippen LogP contribution in [0.4, 0.5) is 0 Å². The number of likely N-dealkylation sites (tertiary alicyclic amines) is 1. The van der Waals surface area contributed by atoms with Crippen LogP contribution in [0.1, 0.15) is 54.3 Å². The second kappa shape index (κ2) is 9.34. The second-order valence-corrected chi connectivity index (χ2v) is 6.72. The molecule has 1 aliphatic heterocycles. The normalized spacial score (nSPS) is 16.2. The Kier molecular flexibility index (Phi) is 6.61. The van der Waals surface area contributed by atoms with Gasteiger partial charge in [0, 0.05) is 24.9 Å². The Morgan fingerprint density at radius 1 is 1.00 bits per heavy atom. The van der Waals surface area contributed by atoms with Gasteiger partial charge in [-0.15, -0.1) is 0 Å². The number of hydrogen-bond donors (Lipinski definition) is 1. The van der Waals surface area contributed by atoms with Crippen LogP contribution >= 0.6 is 0 Å². The number of carbonyl (C=O) groups excluding carboxylic acids is 2. The minimum absolute atomic E-state index is 0.000588. The third kappa shape index (κ3) is 5.05. The molecule has 1 aliphatic rings. The zero-order chi connectivity index (χ0) is 18.2. The summed E-state index contributed by atoms with van der Waals surface area (Å²) in [6.07, 6.45) is 5.72. The minimum atomic E-state index is -0.0946. The summed E-state index contributed by atoms with van der Waals surface area (Å²) >= 11 is 0. The lowest BCUT2D eigenvalue weighted by Crippen LogP contribution is -2.40. The van der Waals surface area contributed by atoms with Crippen LogP contribution in [-0.2, 0) is 4.79 Å². The van der Waals surface area contributed by atoms with Crippen molar-refractivity contribution in [3.8, 4) is 0 Å². The number of nitrogens with zero attached hydrogens (tertiary/aromatic N) is 1. The van der Waals surface area contributed by atoms with Gasteiger partial charge in [-0.2, -0.15) is 0 Å². The maximum Gasteiger partial charge on any atom is 0.220 e. The molecule has 1 aromatic heterocycles. The Labute approximate surface area is 154 Å². The molecule has 0 aliphatic carbocycles. The van der Waals surface area contributed by atoms with Gasteiger partial charge in [-0.25, -0.2) is 0 Å². The summed E-state index contributed by atoms with van der Waals surface area (Å²) in [5.74, 6) is 0.787. The van der Waals surface area contributed by atoms with E-state index in [9.17, 15) is 9.59 Å². The largest absolute Gasteiger partial charge is 0.468 e. The van der Waals surface area contributed by atoms with Crippen LogP contribution in [0.5, 0.6) is 0 Å². The van der Waals surface area contributed by atoms with Crippen molar-refractivity contribution in [2.75, 3.05) is 19.6 Å². The third-order valence-corrected chi connectivity index (χ3v) is 4.87. The molecule has 1 fully saturated rings. The Morgan fingerprint density at radius 2 is 1.77 bits per heavy atom. The zero-order valence-corrected chi connectivity index (χ0v) is 15.0. The number of Topliss-reactive ketones (excluding diaryl/α,β-unsaturated/α-hetero) is 1. The lowest BCUT2D eigenvalue weighted by Gasteiger charge is -2.33. The number of nitrogens with one attached hydrogen (secondary N) is 1. The highest BCUT2D eigenvalue weighted by atomic mass is 16.3. The van der Waals surface area contributed by atoms with Gasteiger partial charge in [-0.05, 0) is 38.1 Å². The average molecular weight is 354 g/mol. The molecule has 5 nitrogen and oxygen atoms in total. The fourth-order valence-corrected chi connectivity index (χ4v) is 3.41. The summed E-state index contributed by atoms with van der Waals surface area (Å²) in [4.78, 5) is 26.7. The molecule has 2 heterocycles. The quantitative estimate of drug-likeness (QED) is 0.736. The molecule has 1 saturated heterocycles. The number of benzene rings is 1. The molecular formula is C21H26N2O3. The van der Waals surface area contributed by atoms with Gasteiger partial charge in [0.25, 0.3) is 0 Å². The van der Waals surface area contributed by atoms with E-state index in [4.69, 9.17) is 4.42 Å². The van der Waals surface area contributed by atoms with Crippen LogP contribution < -0.4 is 5.32 Å². The van der Waals surface area contributed by atoms with Crippen molar-refractivity contribution in [3.05, 3.63) is 60.1 Å². The first kappa shape index (κ1) is 18.4. The summed E-state index contributed by atoms with van der Waals surface area (Å²) in [7, 11) is 0. The maximum absolute atomic E-state index is 12.2. The highest BCUT2D eigenvalue weighted by Gasteiger charge is 2.24. The fourth-order valence-electron chi connectivity index (χ4n) is 3.41. The molecule has 0 spiro atoms. The van der Waals surface area contributed by atoms with Crippen LogP contribution in [0.15, 0.2) is 53.1 Å². The summed E-state index contributed by atoms with van der Waals surface area (Å²) < 4.78 is 5.59. The highest BCUT2D eigenvalue weighted by Crippen LogP contribution is 2.24. The van der Waals surface area contributed by atoms with E-state index in [1.165, 1.54) is 19.3 Å². The second-order valence-electron chi connectivity index (χ2n) is 6.72. The SMILES string of the molecule is O=C(CCC(=O)c1ccccc1)NCC(c1ccco1)N1CCCCC1. The lowest BCUT2D eigenvalue weighted by molar-refractivity contribution is -0.121. The molecule has 2 aromatic rings. The summed E-state index contributed by atoms with van der Waals surface area (Å²) in [5.41, 5.74) is 0.655. The molecule has 26 heavy (non-hydrogen) atoms. The van der Waals surface area contributed by atoms with E-state index in [2.05, 4.69) is 10.2 Å². The first-order valence-electron chi connectivity index (χ1n) is 9.36. The summed E-state index contributed by atoms with van der Waals surface area (Å²) in [6.45, 7) is 2.55. The van der Waals surface area contributed by atoms with Crippen molar-refractivity contribution in [1.82, 2.24) is 10.2 Å². The number of rotatable bonds is 8. The predicted octanol–water partition coefficient (Wildman–Crippen LogP) is 3.59. The van der Waals surface area contributed by atoms with E-state index in [0.29, 0.717) is 12.1 Å². The van der Waals surface area contributed by atoms with Crippen molar-refractivity contribution in [1.29, 1.82) is 0 Å². The number of piperidine rings is 1. The Balaban J connectivity index is 1.50. The van der Waals surface area contributed by atoms with Crippen molar-refractivity contribution in [2.45, 2.75) is 38.1 Å². The Hall–Kier alpha value is -2.40. The molecule has 5 heteroatoms. The predicted molar refractivity (Wildman–Crippen MR) is 99.9 cm³/mol. The number of furan rings is 1. The van der Waals surface area contributed by atoms with Gasteiger partial charge in [-0.1, -0.05) is 36.8 Å². The van der Waals surface area contributed by atoms with E-state index < -0.39 is 0 Å². The Morgan fingerprint density at radius 3 is 2.46 bits per heavy atom. The van der Waals surface area contributed by atoms with Gasteiger partial charge in [0.2, 0.25) is 5.91 Å². The first-order valence-corrected chi connectivity index (χ1v) is 9.36. The number of hydrogen-bond acceptors (Lipinski definition) is 4. The van der Waals surface area contributed by atoms with Crippen molar-refractivity contribution in [3.63, 3.8) is 0 Å². The molecular weight excluding hydrogens is 328 g/mol. The van der Waals surface area contributed by atoms with Gasteiger partial charge >= 0.3 is 0 Å². The van der Waals surface area contributed by atoms with Crippen LogP contribution in [0, 0.1) is 0 Å². The smallest absolute Gasteiger partial charge is 0.220 e. The fraction of sp³-hybridized carbons (Fsp3) is 0.429. The van der Waals surface area contributed by atoms with Crippen molar-refractivity contribution < 1.29 is 14.0 Å². The average Bonchev–Trinajstić information content (AvgIpc) is 3.22. The standard InChI is InChI=1S/C21H26N2O3/c24-19(17-8-3-1-4-9-17)11-12-21(25)22-16-18(20-10-7-15-26-20)23-13-5-2-6-14-23/h1,3-4,7-10,15,18H,2,5-6,11-14,16H2,(H,22,25). The highest BCUT2D eigenvalue weighted by molar-refractivity contribution is 5.97. The maximum atomic E-state index is 12.2. The molecule has 1 unspecified atom stereocenters. The molecule has 1 aromatic carbocycles. The van der Waals surface area contributed by atoms with E-state index in [1.54, 1.807) is 18.4 Å². The summed E-state index contributed by atoms with van der Waals surface area (Å²) in [5, 5.41) is 2.98. The van der Waals surface area contributed by atoms with Gasteiger partial charge in [0.15, 0.2) is 5.78 Å². The molecule has 0 bridgehead atoms. The van der Waals surface area contributed by atoms with E-state index in [-0.39, 0.29) is 30.6 Å². The van der Waals surface area contributed by atoms with Crippen LogP contribution in [0.3, 0.4) is 0 Å². The van der Waals surface area contributed by atoms with Crippen LogP contribution in [0.2, 0.25) is 0 Å². The Bertz CT molecular complexity index is 691. The minimum Gasteiger partial charge on any atom is -0.468 e. The van der Waals surface area contributed by atoms with E-state index in [1.807, 2.05) is 30.3 Å². The summed E-state index contributed by atoms with van der Waals surface area (Å²) in [6, 6.07) is 13.0. The van der Waals surface area contributed by atoms with Crippen LogP contribution in [-0.4, -0.2) is 36.2 Å².